The highest BCUT2D eigenvalue weighted by atomic mass is 35.5. The Labute approximate surface area is 152 Å². The molecule has 6 rings (SSSR count). The smallest absolute Gasteiger partial charge is 0.315 e. The van der Waals surface area contributed by atoms with Gasteiger partial charge in [-0.2, -0.15) is 0 Å². The van der Waals surface area contributed by atoms with E-state index in [1.807, 2.05) is 0 Å². The largest absolute Gasteiger partial charge is 0.481 e. The molecule has 21 heavy (non-hydrogen) atoms. The number of carboxylic acid groups (broad SMARTS) is 1. The van der Waals surface area contributed by atoms with Gasteiger partial charge < -0.3 is 15.3 Å². The molecule has 11 heteroatoms. The third-order valence-corrected chi connectivity index (χ3v) is 13.3. The topological polar surface area (TPSA) is 77.8 Å². The lowest BCUT2D eigenvalue weighted by Crippen LogP contribution is -3.26. The Morgan fingerprint density at radius 2 is 0.905 bits per heavy atom. The third-order valence-electron chi connectivity index (χ3n) is 6.63. The predicted octanol–water partition coefficient (Wildman–Crippen LogP) is 1.65. The molecule has 0 heterocycles. The number of rotatable bonds is 1. The summed E-state index contributed by atoms with van der Waals surface area (Å²) in [5.41, 5.74) is -2.01. The molecule has 4 unspecified atom stereocenters. The summed E-state index contributed by atoms with van der Waals surface area (Å²) in [7, 11) is 0. The highest BCUT2D eigenvalue weighted by molar-refractivity contribution is 6.72. The summed E-state index contributed by atoms with van der Waals surface area (Å²) in [6.07, 6.45) is 0. The number of alkyl halides is 7. The van der Waals surface area contributed by atoms with Gasteiger partial charge in [0.1, 0.15) is 39.5 Å². The van der Waals surface area contributed by atoms with Crippen molar-refractivity contribution in [3.05, 3.63) is 0 Å². The summed E-state index contributed by atoms with van der Waals surface area (Å²) in [5, 5.41) is 30.6. The summed E-state index contributed by atoms with van der Waals surface area (Å²) in [6.45, 7) is 0. The summed E-state index contributed by atoms with van der Waals surface area (Å²) >= 11 is 44.8. The molecule has 0 amide bonds. The highest BCUT2D eigenvalue weighted by Crippen LogP contribution is 3.17. The van der Waals surface area contributed by atoms with E-state index in [9.17, 15) is 20.1 Å². The Hall–Kier alpha value is 1.42. The Balaban J connectivity index is 2.01. The van der Waals surface area contributed by atoms with Crippen LogP contribution in [0.5, 0.6) is 0 Å². The van der Waals surface area contributed by atoms with E-state index < -0.39 is 51.3 Å². The number of aliphatic hydroxyl groups is 2. The van der Waals surface area contributed by atoms with E-state index in [1.54, 1.807) is 0 Å². The van der Waals surface area contributed by atoms with Crippen LogP contribution in [0.3, 0.4) is 0 Å². The average molecular weight is 435 g/mol. The maximum atomic E-state index is 11.9. The fourth-order valence-corrected chi connectivity index (χ4v) is 12.9. The number of carbonyl (C=O) groups is 1. The molecular weight excluding hydrogens is 432 g/mol. The summed E-state index contributed by atoms with van der Waals surface area (Å²) < 4.78 is 0. The van der Waals surface area contributed by atoms with Crippen molar-refractivity contribution in [3.8, 4) is 0 Å². The van der Waals surface area contributed by atoms with Crippen molar-refractivity contribution < 1.29 is 20.1 Å². The number of aliphatic carboxylic acids is 1. The molecule has 0 aromatic carbocycles. The van der Waals surface area contributed by atoms with Crippen molar-refractivity contribution in [2.24, 2.45) is 5.41 Å². The lowest BCUT2D eigenvalue weighted by Gasteiger charge is -3.03. The Morgan fingerprint density at radius 1 is 0.619 bits per heavy atom. The Morgan fingerprint density at radius 3 is 1.24 bits per heavy atom. The van der Waals surface area contributed by atoms with Crippen LogP contribution in [0.15, 0.2) is 0 Å². The van der Waals surface area contributed by atoms with Crippen LogP contribution in [0.4, 0.5) is 0 Å². The van der Waals surface area contributed by atoms with Gasteiger partial charge in [0.05, 0.1) is 0 Å². The van der Waals surface area contributed by atoms with Crippen LogP contribution in [0.25, 0.3) is 0 Å². The molecule has 6 aliphatic rings. The molecule has 0 radical (unpaired) electrons. The van der Waals surface area contributed by atoms with E-state index in [0.717, 1.165) is 0 Å². The van der Waals surface area contributed by atoms with Crippen molar-refractivity contribution in [1.82, 2.24) is 0 Å². The predicted molar refractivity (Wildman–Crippen MR) is 77.3 cm³/mol. The fraction of sp³-hybridized carbons (Fsp3) is 0.900. The van der Waals surface area contributed by atoms with Crippen LogP contribution in [0, 0.1) is 5.41 Å². The molecule has 6 fully saturated rings. The van der Waals surface area contributed by atoms with Gasteiger partial charge in [-0.15, -0.1) is 81.2 Å². The maximum absolute atomic E-state index is 11.9. The van der Waals surface area contributed by atoms with Gasteiger partial charge in [-0.1, -0.05) is 0 Å². The Bertz CT molecular complexity index is 692. The number of hydrogen-bond donors (Lipinski definition) is 3. The zero-order chi connectivity index (χ0) is 16.1. The van der Waals surface area contributed by atoms with E-state index in [1.165, 1.54) is 0 Å². The van der Waals surface area contributed by atoms with Crippen molar-refractivity contribution in [2.75, 3.05) is 0 Å². The molecule has 0 aliphatic heterocycles. The third kappa shape index (κ3) is 0.522. The molecule has 6 aliphatic carbocycles. The Kier molecular flexibility index (Phi) is 1.84. The quantitative estimate of drug-likeness (QED) is 0.433. The minimum absolute atomic E-state index is 1.46. The second-order valence-electron chi connectivity index (χ2n) is 6.34. The van der Waals surface area contributed by atoms with Crippen LogP contribution in [0.1, 0.15) is 0 Å². The molecule has 2 bridgehead atoms. The average Bonchev–Trinajstić information content (AvgIpc) is 2.44. The van der Waals surface area contributed by atoms with Crippen LogP contribution in [-0.4, -0.2) is 61.2 Å². The van der Waals surface area contributed by atoms with E-state index >= 15 is 0 Å². The molecule has 3 N–H and O–H groups in total. The van der Waals surface area contributed by atoms with Gasteiger partial charge in [0.15, 0.2) is 0 Å². The minimum atomic E-state index is -2.90. The van der Waals surface area contributed by atoms with E-state index in [-0.39, 0.29) is 0 Å². The van der Waals surface area contributed by atoms with Gasteiger partial charge in [-0.05, 0) is 0 Å². The summed E-state index contributed by atoms with van der Waals surface area (Å²) in [4.78, 5) is -2.37. The molecule has 4 atom stereocenters. The van der Waals surface area contributed by atoms with Crippen LogP contribution in [-0.2, 0) is 4.79 Å². The first-order valence-corrected chi connectivity index (χ1v) is 8.34. The normalized spacial score (nSPS) is 80.0. The molecule has 0 aromatic heterocycles. The van der Waals surface area contributed by atoms with Gasteiger partial charge >= 0.3 is 5.97 Å². The van der Waals surface area contributed by atoms with Crippen LogP contribution < -0.4 is 0 Å². The lowest BCUT2D eigenvalue weighted by atomic mass is 9.10. The first-order chi connectivity index (χ1) is 9.19. The van der Waals surface area contributed by atoms with E-state index in [2.05, 4.69) is 0 Å². The number of carboxylic acids is 1. The first kappa shape index (κ1) is 14.7. The fourth-order valence-electron chi connectivity index (χ4n) is 6.26. The molecule has 6 saturated carbocycles. The van der Waals surface area contributed by atoms with Crippen molar-refractivity contribution >= 4 is 87.2 Å². The van der Waals surface area contributed by atoms with Gasteiger partial charge in [0.2, 0.25) is 5.79 Å². The van der Waals surface area contributed by atoms with Crippen molar-refractivity contribution in [2.45, 2.75) is 39.9 Å². The van der Waals surface area contributed by atoms with Crippen LogP contribution >= 0.6 is 81.2 Å². The zero-order valence-corrected chi connectivity index (χ0v) is 14.7. The van der Waals surface area contributed by atoms with E-state index in [0.29, 0.717) is 0 Å². The standard InChI is InChI=1S/C10H3Cl7O4/c11-3-2(1(18)19)4(12)6(3,14)9(17)7(3,15)5(2,13)8(4,16)10(9,20)21/h20-21H,(H,18,19). The maximum Gasteiger partial charge on any atom is 0.315 e. The first-order valence-electron chi connectivity index (χ1n) is 5.70. The second-order valence-corrected chi connectivity index (χ2v) is 10.3. The van der Waals surface area contributed by atoms with E-state index in [4.69, 9.17) is 81.2 Å². The molecule has 4 nitrogen and oxygen atoms in total. The van der Waals surface area contributed by atoms with Gasteiger partial charge in [-0.25, -0.2) is 0 Å². The molecule has 0 aromatic rings. The molecule has 0 spiro atoms. The minimum Gasteiger partial charge on any atom is -0.481 e. The number of hydrogen-bond acceptors (Lipinski definition) is 3. The van der Waals surface area contributed by atoms with Crippen LogP contribution in [0.2, 0.25) is 0 Å². The van der Waals surface area contributed by atoms with Gasteiger partial charge in [0, 0.05) is 0 Å². The zero-order valence-electron chi connectivity index (χ0n) is 9.40. The lowest BCUT2D eigenvalue weighted by molar-refractivity contribution is -0.332. The molecule has 116 valence electrons. The molecule has 0 saturated heterocycles. The number of halogens is 7. The van der Waals surface area contributed by atoms with Gasteiger partial charge in [0.25, 0.3) is 0 Å². The monoisotopic (exact) mass is 432 g/mol. The second kappa shape index (κ2) is 2.62. The highest BCUT2D eigenvalue weighted by Gasteiger charge is 3.38. The SMILES string of the molecule is O=C(O)C12C3(Cl)C4(Cl)C(O)(O)C5(Cl)C3(Cl)C1(Cl)C5(Cl)C42Cl. The summed E-state index contributed by atoms with van der Waals surface area (Å²) in [6, 6.07) is 0. The van der Waals surface area contributed by atoms with Gasteiger partial charge in [-0.3, -0.25) is 4.79 Å². The summed E-state index contributed by atoms with van der Waals surface area (Å²) in [5.74, 6) is -4.35. The van der Waals surface area contributed by atoms with Crippen molar-refractivity contribution in [1.29, 1.82) is 0 Å². The molecular formula is C10H3Cl7O4. The van der Waals surface area contributed by atoms with Crippen molar-refractivity contribution in [3.63, 3.8) is 0 Å².